The number of halogens is 1. The number of benzene rings is 1. The van der Waals surface area contributed by atoms with Crippen LogP contribution >= 0.6 is 0 Å². The van der Waals surface area contributed by atoms with Crippen molar-refractivity contribution in [2.45, 2.75) is 13.0 Å². The number of likely N-dealkylation sites (N-methyl/N-ethyl adjacent to an activating group) is 1. The smallest absolute Gasteiger partial charge is 0.123 e. The first kappa shape index (κ1) is 9.93. The molecule has 0 aliphatic rings. The largest absolute Gasteiger partial charge is 0.310 e. The average molecular weight is 179 g/mol. The third-order valence-electron chi connectivity index (χ3n) is 1.97. The molecule has 0 aliphatic heterocycles. The summed E-state index contributed by atoms with van der Waals surface area (Å²) in [5, 5.41) is 3.04. The van der Waals surface area contributed by atoms with Crippen molar-refractivity contribution < 1.29 is 4.39 Å². The lowest BCUT2D eigenvalue weighted by Gasteiger charge is -2.12. The summed E-state index contributed by atoms with van der Waals surface area (Å²) < 4.78 is 13.0. The Morgan fingerprint density at radius 1 is 1.46 bits per heavy atom. The number of rotatable bonds is 3. The average Bonchev–Trinajstić information content (AvgIpc) is 2.04. The van der Waals surface area contributed by atoms with Crippen LogP contribution in [-0.2, 0) is 0 Å². The Bertz CT molecular complexity index is 287. The van der Waals surface area contributed by atoms with Crippen LogP contribution in [0.4, 0.5) is 4.39 Å². The molecule has 1 rings (SSSR count). The standard InChI is InChI=1S/C11H14FN/c1-4-11(13-3)9-5-8(2)6-10(12)7-9/h4-7,11,13H,1H2,2-3H3. The van der Waals surface area contributed by atoms with Crippen molar-refractivity contribution in [3.63, 3.8) is 0 Å². The van der Waals surface area contributed by atoms with Crippen LogP contribution in [0.1, 0.15) is 17.2 Å². The van der Waals surface area contributed by atoms with E-state index >= 15 is 0 Å². The second-order valence-corrected chi connectivity index (χ2v) is 3.06. The van der Waals surface area contributed by atoms with Crippen molar-refractivity contribution in [2.24, 2.45) is 0 Å². The molecule has 0 spiro atoms. The molecule has 1 aromatic carbocycles. The van der Waals surface area contributed by atoms with E-state index in [1.165, 1.54) is 12.1 Å². The zero-order valence-electron chi connectivity index (χ0n) is 7.97. The Morgan fingerprint density at radius 3 is 2.62 bits per heavy atom. The summed E-state index contributed by atoms with van der Waals surface area (Å²) in [4.78, 5) is 0. The van der Waals surface area contributed by atoms with E-state index in [0.717, 1.165) is 11.1 Å². The van der Waals surface area contributed by atoms with Crippen LogP contribution in [0.15, 0.2) is 30.9 Å². The molecule has 0 radical (unpaired) electrons. The molecule has 0 aliphatic carbocycles. The van der Waals surface area contributed by atoms with Crippen molar-refractivity contribution >= 4 is 0 Å². The van der Waals surface area contributed by atoms with E-state index in [2.05, 4.69) is 11.9 Å². The Morgan fingerprint density at radius 2 is 2.15 bits per heavy atom. The van der Waals surface area contributed by atoms with E-state index in [4.69, 9.17) is 0 Å². The van der Waals surface area contributed by atoms with Crippen LogP contribution in [0.25, 0.3) is 0 Å². The molecule has 2 heteroatoms. The number of hydrogen-bond donors (Lipinski definition) is 1. The van der Waals surface area contributed by atoms with Gasteiger partial charge < -0.3 is 5.32 Å². The monoisotopic (exact) mass is 179 g/mol. The normalized spacial score (nSPS) is 12.5. The van der Waals surface area contributed by atoms with Gasteiger partial charge in [-0.15, -0.1) is 6.58 Å². The highest BCUT2D eigenvalue weighted by Gasteiger charge is 2.05. The lowest BCUT2D eigenvalue weighted by atomic mass is 10.0. The third kappa shape index (κ3) is 2.39. The molecule has 1 N–H and O–H groups in total. The molecule has 1 aromatic rings. The first-order valence-corrected chi connectivity index (χ1v) is 4.24. The SMILES string of the molecule is C=CC(NC)c1cc(C)cc(F)c1. The van der Waals surface area contributed by atoms with Gasteiger partial charge in [-0.3, -0.25) is 0 Å². The maximum absolute atomic E-state index is 13.0. The second-order valence-electron chi connectivity index (χ2n) is 3.06. The molecule has 13 heavy (non-hydrogen) atoms. The number of aryl methyl sites for hydroxylation is 1. The lowest BCUT2D eigenvalue weighted by molar-refractivity contribution is 0.617. The fourth-order valence-electron chi connectivity index (χ4n) is 1.36. The van der Waals surface area contributed by atoms with E-state index in [9.17, 15) is 4.39 Å². The summed E-state index contributed by atoms with van der Waals surface area (Å²) in [6.07, 6.45) is 1.76. The topological polar surface area (TPSA) is 12.0 Å². The molecule has 0 aromatic heterocycles. The zero-order valence-corrected chi connectivity index (χ0v) is 7.97. The number of hydrogen-bond acceptors (Lipinski definition) is 1. The Balaban J connectivity index is 3.05. The highest BCUT2D eigenvalue weighted by atomic mass is 19.1. The van der Waals surface area contributed by atoms with Crippen molar-refractivity contribution in [3.05, 3.63) is 47.8 Å². The molecular weight excluding hydrogens is 165 g/mol. The second kappa shape index (κ2) is 4.19. The summed E-state index contributed by atoms with van der Waals surface area (Å²) in [6, 6.07) is 5.01. The first-order chi connectivity index (χ1) is 6.17. The summed E-state index contributed by atoms with van der Waals surface area (Å²) in [5.74, 6) is -0.197. The van der Waals surface area contributed by atoms with Crippen LogP contribution in [0.3, 0.4) is 0 Å². The van der Waals surface area contributed by atoms with Crippen LogP contribution in [0.5, 0.6) is 0 Å². The molecule has 0 amide bonds. The van der Waals surface area contributed by atoms with E-state index < -0.39 is 0 Å². The fourth-order valence-corrected chi connectivity index (χ4v) is 1.36. The molecule has 0 bridgehead atoms. The Kier molecular flexibility index (Phi) is 3.20. The predicted molar refractivity (Wildman–Crippen MR) is 53.1 cm³/mol. The quantitative estimate of drug-likeness (QED) is 0.703. The van der Waals surface area contributed by atoms with Gasteiger partial charge in [0.1, 0.15) is 5.82 Å². The van der Waals surface area contributed by atoms with Gasteiger partial charge >= 0.3 is 0 Å². The van der Waals surface area contributed by atoms with Gasteiger partial charge in [-0.2, -0.15) is 0 Å². The van der Waals surface area contributed by atoms with Crippen LogP contribution in [-0.4, -0.2) is 7.05 Å². The van der Waals surface area contributed by atoms with E-state index in [1.54, 1.807) is 6.08 Å². The maximum atomic E-state index is 13.0. The maximum Gasteiger partial charge on any atom is 0.123 e. The Labute approximate surface area is 78.3 Å². The molecule has 1 nitrogen and oxygen atoms in total. The van der Waals surface area contributed by atoms with Crippen molar-refractivity contribution in [1.82, 2.24) is 5.32 Å². The van der Waals surface area contributed by atoms with E-state index in [1.807, 2.05) is 20.0 Å². The molecular formula is C11H14FN. The highest BCUT2D eigenvalue weighted by molar-refractivity contribution is 5.28. The summed E-state index contributed by atoms with van der Waals surface area (Å²) in [5.41, 5.74) is 1.84. The molecule has 70 valence electrons. The van der Waals surface area contributed by atoms with Gasteiger partial charge in [0.25, 0.3) is 0 Å². The zero-order chi connectivity index (χ0) is 9.84. The summed E-state index contributed by atoms with van der Waals surface area (Å²) in [7, 11) is 1.83. The summed E-state index contributed by atoms with van der Waals surface area (Å²) in [6.45, 7) is 5.56. The minimum Gasteiger partial charge on any atom is -0.310 e. The van der Waals surface area contributed by atoms with Crippen LogP contribution < -0.4 is 5.32 Å². The highest BCUT2D eigenvalue weighted by Crippen LogP contribution is 2.16. The minimum absolute atomic E-state index is 0.0226. The van der Waals surface area contributed by atoms with Crippen molar-refractivity contribution in [1.29, 1.82) is 0 Å². The van der Waals surface area contributed by atoms with Gasteiger partial charge in [-0.1, -0.05) is 12.1 Å². The first-order valence-electron chi connectivity index (χ1n) is 4.24. The van der Waals surface area contributed by atoms with Crippen LogP contribution in [0.2, 0.25) is 0 Å². The van der Waals surface area contributed by atoms with E-state index in [-0.39, 0.29) is 11.9 Å². The molecule has 1 atom stereocenters. The predicted octanol–water partition coefficient (Wildman–Crippen LogP) is 2.58. The third-order valence-corrected chi connectivity index (χ3v) is 1.97. The van der Waals surface area contributed by atoms with Gasteiger partial charge in [-0.25, -0.2) is 4.39 Å². The molecule has 1 unspecified atom stereocenters. The van der Waals surface area contributed by atoms with Gasteiger partial charge in [0.05, 0.1) is 6.04 Å². The Hall–Kier alpha value is -1.15. The van der Waals surface area contributed by atoms with Gasteiger partial charge in [0.15, 0.2) is 0 Å². The minimum atomic E-state index is -0.197. The number of nitrogens with one attached hydrogen (secondary N) is 1. The molecule has 0 saturated heterocycles. The molecule has 0 saturated carbocycles. The summed E-state index contributed by atoms with van der Waals surface area (Å²) >= 11 is 0. The van der Waals surface area contributed by atoms with Crippen molar-refractivity contribution in [2.75, 3.05) is 7.05 Å². The van der Waals surface area contributed by atoms with Gasteiger partial charge in [0, 0.05) is 0 Å². The van der Waals surface area contributed by atoms with Gasteiger partial charge in [-0.05, 0) is 37.2 Å². The molecule has 0 heterocycles. The fraction of sp³-hybridized carbons (Fsp3) is 0.273. The molecule has 0 fully saturated rings. The lowest BCUT2D eigenvalue weighted by Crippen LogP contribution is -2.13. The van der Waals surface area contributed by atoms with Crippen LogP contribution in [0, 0.1) is 12.7 Å². The van der Waals surface area contributed by atoms with Gasteiger partial charge in [0.2, 0.25) is 0 Å². The van der Waals surface area contributed by atoms with Crippen molar-refractivity contribution in [3.8, 4) is 0 Å². The van der Waals surface area contributed by atoms with E-state index in [0.29, 0.717) is 0 Å².